The van der Waals surface area contributed by atoms with Crippen LogP contribution in [0.4, 0.5) is 0 Å². The number of hydrogen-bond donors (Lipinski definition) is 0. The summed E-state index contributed by atoms with van der Waals surface area (Å²) in [7, 11) is 1.39. The van der Waals surface area contributed by atoms with Crippen molar-refractivity contribution < 1.29 is 9.53 Å². The van der Waals surface area contributed by atoms with Crippen LogP contribution in [0.5, 0.6) is 0 Å². The number of fused-ring (bicyclic) bond motifs is 1. The van der Waals surface area contributed by atoms with Crippen molar-refractivity contribution in [2.24, 2.45) is 0 Å². The van der Waals surface area contributed by atoms with Crippen LogP contribution in [0.3, 0.4) is 0 Å². The smallest absolute Gasteiger partial charge is 0.314 e. The van der Waals surface area contributed by atoms with Gasteiger partial charge in [-0.3, -0.25) is 4.79 Å². The first kappa shape index (κ1) is 9.46. The van der Waals surface area contributed by atoms with Gasteiger partial charge in [0.05, 0.1) is 18.7 Å². The van der Waals surface area contributed by atoms with Gasteiger partial charge in [-0.2, -0.15) is 0 Å². The van der Waals surface area contributed by atoms with Crippen molar-refractivity contribution in [3.05, 3.63) is 28.5 Å². The third-order valence-electron chi connectivity index (χ3n) is 2.50. The van der Waals surface area contributed by atoms with Crippen LogP contribution < -0.4 is 0 Å². The Kier molecular flexibility index (Phi) is 2.42. The summed E-state index contributed by atoms with van der Waals surface area (Å²) in [5, 5.41) is 0.430. The number of ether oxygens (including phenoxy) is 1. The quantitative estimate of drug-likeness (QED) is 0.527. The number of aromatic nitrogens is 1. The minimum atomic E-state index is -0.228. The minimum Gasteiger partial charge on any atom is -0.469 e. The minimum absolute atomic E-state index is 0.224. The molecule has 0 aromatic carbocycles. The van der Waals surface area contributed by atoms with Gasteiger partial charge in [-0.1, -0.05) is 17.7 Å². The molecule has 14 heavy (non-hydrogen) atoms. The number of aryl methyl sites for hydroxylation is 1. The summed E-state index contributed by atoms with van der Waals surface area (Å²) in [6, 6.07) is 3.67. The van der Waals surface area contributed by atoms with E-state index in [0.29, 0.717) is 5.15 Å². The zero-order chi connectivity index (χ0) is 10.1. The first-order valence-corrected chi connectivity index (χ1v) is 4.83. The molecule has 1 aliphatic carbocycles. The molecule has 1 aliphatic rings. The molecule has 1 heterocycles. The fourth-order valence-corrected chi connectivity index (χ4v) is 1.95. The molecule has 4 heteroatoms. The maximum atomic E-state index is 11.4. The topological polar surface area (TPSA) is 39.2 Å². The predicted molar refractivity (Wildman–Crippen MR) is 52.3 cm³/mol. The highest BCUT2D eigenvalue weighted by Crippen LogP contribution is 2.33. The standard InChI is InChI=1S/C10H10ClNO2/c1-14-10(13)7-4-2-6-3-5-8(11)12-9(6)7/h3,5,7H,2,4H2,1H3/t7-/m1/s1. The van der Waals surface area contributed by atoms with Crippen molar-refractivity contribution in [3.63, 3.8) is 0 Å². The largest absolute Gasteiger partial charge is 0.469 e. The first-order valence-electron chi connectivity index (χ1n) is 4.45. The zero-order valence-corrected chi connectivity index (χ0v) is 8.54. The molecule has 0 amide bonds. The maximum absolute atomic E-state index is 11.4. The molecule has 74 valence electrons. The monoisotopic (exact) mass is 211 g/mol. The molecule has 0 unspecified atom stereocenters. The summed E-state index contributed by atoms with van der Waals surface area (Å²) in [6.07, 6.45) is 1.65. The van der Waals surface area contributed by atoms with Crippen LogP contribution in [0.15, 0.2) is 12.1 Å². The van der Waals surface area contributed by atoms with Crippen LogP contribution >= 0.6 is 11.6 Å². The molecular weight excluding hydrogens is 202 g/mol. The first-order chi connectivity index (χ1) is 6.72. The molecule has 0 N–H and O–H groups in total. The molecular formula is C10H10ClNO2. The van der Waals surface area contributed by atoms with Gasteiger partial charge in [0.1, 0.15) is 5.15 Å². The number of pyridine rings is 1. The second kappa shape index (κ2) is 3.58. The van der Waals surface area contributed by atoms with E-state index in [1.54, 1.807) is 6.07 Å². The van der Waals surface area contributed by atoms with Gasteiger partial charge in [-0.25, -0.2) is 4.98 Å². The van der Waals surface area contributed by atoms with Gasteiger partial charge in [0.25, 0.3) is 0 Å². The lowest BCUT2D eigenvalue weighted by Gasteiger charge is -2.07. The highest BCUT2D eigenvalue weighted by molar-refractivity contribution is 6.29. The lowest BCUT2D eigenvalue weighted by molar-refractivity contribution is -0.142. The summed E-state index contributed by atoms with van der Waals surface area (Å²) >= 11 is 5.77. The second-order valence-electron chi connectivity index (χ2n) is 3.29. The molecule has 1 aromatic rings. The Balaban J connectivity index is 2.38. The number of halogens is 1. The maximum Gasteiger partial charge on any atom is 0.314 e. The number of hydrogen-bond acceptors (Lipinski definition) is 3. The average Bonchev–Trinajstić information content (AvgIpc) is 2.59. The molecule has 0 saturated carbocycles. The van der Waals surface area contributed by atoms with Crippen LogP contribution in [0.25, 0.3) is 0 Å². The number of nitrogens with zero attached hydrogens (tertiary/aromatic N) is 1. The highest BCUT2D eigenvalue weighted by atomic mass is 35.5. The number of carbonyl (C=O) groups excluding carboxylic acids is 1. The molecule has 0 saturated heterocycles. The van der Waals surface area contributed by atoms with E-state index >= 15 is 0 Å². The third-order valence-corrected chi connectivity index (χ3v) is 2.71. The average molecular weight is 212 g/mol. The van der Waals surface area contributed by atoms with Gasteiger partial charge >= 0.3 is 5.97 Å². The van der Waals surface area contributed by atoms with Gasteiger partial charge in [-0.15, -0.1) is 0 Å². The SMILES string of the molecule is COC(=O)[C@@H]1CCc2ccc(Cl)nc21. The van der Waals surface area contributed by atoms with Gasteiger partial charge in [-0.05, 0) is 24.5 Å². The van der Waals surface area contributed by atoms with Crippen molar-refractivity contribution in [3.8, 4) is 0 Å². The van der Waals surface area contributed by atoms with Gasteiger partial charge in [0, 0.05) is 0 Å². The molecule has 0 radical (unpaired) electrons. The van der Waals surface area contributed by atoms with Crippen molar-refractivity contribution >= 4 is 17.6 Å². The summed E-state index contributed by atoms with van der Waals surface area (Å²) in [5.74, 6) is -0.452. The number of esters is 1. The summed E-state index contributed by atoms with van der Waals surface area (Å²) in [4.78, 5) is 15.6. The Morgan fingerprint density at radius 3 is 3.14 bits per heavy atom. The lowest BCUT2D eigenvalue weighted by atomic mass is 10.1. The fourth-order valence-electron chi connectivity index (χ4n) is 1.80. The van der Waals surface area contributed by atoms with Gasteiger partial charge < -0.3 is 4.74 Å². The van der Waals surface area contributed by atoms with Crippen LogP contribution in [-0.4, -0.2) is 18.1 Å². The van der Waals surface area contributed by atoms with E-state index in [2.05, 4.69) is 4.98 Å². The summed E-state index contributed by atoms with van der Waals surface area (Å²) < 4.78 is 4.71. The number of methoxy groups -OCH3 is 1. The Hall–Kier alpha value is -1.09. The van der Waals surface area contributed by atoms with Crippen molar-refractivity contribution in [2.75, 3.05) is 7.11 Å². The zero-order valence-electron chi connectivity index (χ0n) is 7.79. The van der Waals surface area contributed by atoms with E-state index in [-0.39, 0.29) is 11.9 Å². The Morgan fingerprint density at radius 2 is 2.43 bits per heavy atom. The summed E-state index contributed by atoms with van der Waals surface area (Å²) in [6.45, 7) is 0. The second-order valence-corrected chi connectivity index (χ2v) is 3.68. The molecule has 0 bridgehead atoms. The molecule has 2 rings (SSSR count). The summed E-state index contributed by atoms with van der Waals surface area (Å²) in [5.41, 5.74) is 1.88. The van der Waals surface area contributed by atoms with Crippen LogP contribution in [-0.2, 0) is 16.0 Å². The molecule has 0 spiro atoms. The van der Waals surface area contributed by atoms with Crippen LogP contribution in [0.1, 0.15) is 23.6 Å². The normalized spacial score (nSPS) is 19.1. The molecule has 1 aromatic heterocycles. The Morgan fingerprint density at radius 1 is 1.64 bits per heavy atom. The van der Waals surface area contributed by atoms with Gasteiger partial charge in [0.15, 0.2) is 0 Å². The van der Waals surface area contributed by atoms with E-state index in [4.69, 9.17) is 16.3 Å². The third kappa shape index (κ3) is 1.48. The lowest BCUT2D eigenvalue weighted by Crippen LogP contribution is -2.12. The van der Waals surface area contributed by atoms with Gasteiger partial charge in [0.2, 0.25) is 0 Å². The van der Waals surface area contributed by atoms with Crippen LogP contribution in [0.2, 0.25) is 5.15 Å². The van der Waals surface area contributed by atoms with E-state index in [1.165, 1.54) is 7.11 Å². The van der Waals surface area contributed by atoms with E-state index in [0.717, 1.165) is 24.1 Å². The number of carbonyl (C=O) groups is 1. The van der Waals surface area contributed by atoms with E-state index < -0.39 is 0 Å². The van der Waals surface area contributed by atoms with E-state index in [1.807, 2.05) is 6.07 Å². The molecule has 3 nitrogen and oxygen atoms in total. The highest BCUT2D eigenvalue weighted by Gasteiger charge is 2.30. The number of rotatable bonds is 1. The molecule has 1 atom stereocenters. The Bertz CT molecular complexity index is 378. The van der Waals surface area contributed by atoms with Crippen molar-refractivity contribution in [1.29, 1.82) is 0 Å². The predicted octanol–water partition coefficient (Wildman–Crippen LogP) is 1.94. The Labute approximate surface area is 87.0 Å². The van der Waals surface area contributed by atoms with Crippen molar-refractivity contribution in [1.82, 2.24) is 4.98 Å². The van der Waals surface area contributed by atoms with Crippen molar-refractivity contribution in [2.45, 2.75) is 18.8 Å². The van der Waals surface area contributed by atoms with Crippen LogP contribution in [0, 0.1) is 0 Å². The molecule has 0 fully saturated rings. The fraction of sp³-hybridized carbons (Fsp3) is 0.400. The molecule has 0 aliphatic heterocycles. The van der Waals surface area contributed by atoms with E-state index in [9.17, 15) is 4.79 Å².